The molecular formula is C24H36N4O5S2. The van der Waals surface area contributed by atoms with Crippen LogP contribution in [0.3, 0.4) is 0 Å². The van der Waals surface area contributed by atoms with E-state index in [4.69, 9.17) is 0 Å². The molecule has 2 bridgehead atoms. The van der Waals surface area contributed by atoms with Crippen molar-refractivity contribution in [2.75, 3.05) is 78.6 Å². The van der Waals surface area contributed by atoms with Gasteiger partial charge in [-0.1, -0.05) is 19.9 Å². The number of benzene rings is 1. The number of anilines is 2. The van der Waals surface area contributed by atoms with Gasteiger partial charge in [-0.2, -0.15) is 0 Å². The van der Waals surface area contributed by atoms with E-state index in [1.807, 2.05) is 17.0 Å². The molecule has 0 saturated carbocycles. The summed E-state index contributed by atoms with van der Waals surface area (Å²) in [6.07, 6.45) is 1.04. The Labute approximate surface area is 208 Å². The number of nitrogens with zero attached hydrogens (tertiary/aromatic N) is 4. The fourth-order valence-electron chi connectivity index (χ4n) is 6.22. The number of amides is 2. The summed E-state index contributed by atoms with van der Waals surface area (Å²) in [5, 5.41) is 0. The molecule has 2 amide bonds. The first kappa shape index (κ1) is 24.7. The summed E-state index contributed by atoms with van der Waals surface area (Å²) in [4.78, 5) is 21.6. The monoisotopic (exact) mass is 524 g/mol. The number of piperidine rings is 1. The molecule has 5 fully saturated rings. The highest BCUT2D eigenvalue weighted by Crippen LogP contribution is 2.44. The molecule has 0 N–H and O–H groups in total. The van der Waals surface area contributed by atoms with E-state index in [-0.39, 0.29) is 53.6 Å². The van der Waals surface area contributed by atoms with E-state index in [9.17, 15) is 21.6 Å². The van der Waals surface area contributed by atoms with Crippen LogP contribution in [0.2, 0.25) is 0 Å². The molecule has 5 aliphatic rings. The molecule has 2 atom stereocenters. The maximum absolute atomic E-state index is 13.4. The molecule has 9 nitrogen and oxygen atoms in total. The Morgan fingerprint density at radius 3 is 2.09 bits per heavy atom. The van der Waals surface area contributed by atoms with Crippen LogP contribution in [0.4, 0.5) is 16.2 Å². The van der Waals surface area contributed by atoms with Crippen molar-refractivity contribution in [1.82, 2.24) is 9.80 Å². The molecule has 35 heavy (non-hydrogen) atoms. The van der Waals surface area contributed by atoms with Crippen molar-refractivity contribution in [2.45, 2.75) is 26.3 Å². The minimum Gasteiger partial charge on any atom is -0.369 e. The molecule has 0 aromatic heterocycles. The highest BCUT2D eigenvalue weighted by atomic mass is 32.2. The molecular weight excluding hydrogens is 488 g/mol. The third kappa shape index (κ3) is 5.12. The summed E-state index contributed by atoms with van der Waals surface area (Å²) < 4.78 is 47.4. The van der Waals surface area contributed by atoms with Crippen LogP contribution in [-0.4, -0.2) is 108 Å². The van der Waals surface area contributed by atoms with Crippen molar-refractivity contribution < 1.29 is 21.6 Å². The Hall–Kier alpha value is -2.01. The van der Waals surface area contributed by atoms with E-state index >= 15 is 0 Å². The van der Waals surface area contributed by atoms with Crippen molar-refractivity contribution in [3.8, 4) is 0 Å². The van der Waals surface area contributed by atoms with Crippen LogP contribution in [0.5, 0.6) is 0 Å². The molecule has 0 spiro atoms. The average Bonchev–Trinajstić information content (AvgIpc) is 3.06. The maximum Gasteiger partial charge on any atom is 0.320 e. The van der Waals surface area contributed by atoms with Crippen molar-refractivity contribution in [2.24, 2.45) is 11.3 Å². The van der Waals surface area contributed by atoms with Gasteiger partial charge in [-0.25, -0.2) is 21.6 Å². The number of carbonyl (C=O) groups excluding carboxylic acids is 1. The summed E-state index contributed by atoms with van der Waals surface area (Å²) in [5.74, 6) is 0.787. The number of carbonyl (C=O) groups is 1. The average molecular weight is 525 g/mol. The third-order valence-electron chi connectivity index (χ3n) is 8.18. The van der Waals surface area contributed by atoms with Crippen LogP contribution >= 0.6 is 0 Å². The Bertz CT molecular complexity index is 1170. The van der Waals surface area contributed by atoms with Crippen molar-refractivity contribution in [1.29, 1.82) is 0 Å². The van der Waals surface area contributed by atoms with Gasteiger partial charge in [0.15, 0.2) is 19.7 Å². The number of hydrogen-bond acceptors (Lipinski definition) is 7. The van der Waals surface area contributed by atoms with Crippen LogP contribution in [-0.2, 0) is 19.7 Å². The maximum atomic E-state index is 13.4. The largest absolute Gasteiger partial charge is 0.369 e. The van der Waals surface area contributed by atoms with Crippen molar-refractivity contribution in [3.63, 3.8) is 0 Å². The van der Waals surface area contributed by atoms with Gasteiger partial charge in [0.2, 0.25) is 0 Å². The molecule has 5 heterocycles. The fraction of sp³-hybridized carbons (Fsp3) is 0.708. The van der Waals surface area contributed by atoms with Gasteiger partial charge in [0, 0.05) is 57.2 Å². The molecule has 5 aliphatic heterocycles. The lowest BCUT2D eigenvalue weighted by Gasteiger charge is -2.48. The van der Waals surface area contributed by atoms with Gasteiger partial charge in [0.25, 0.3) is 0 Å². The van der Waals surface area contributed by atoms with Crippen LogP contribution in [0.1, 0.15) is 20.3 Å². The van der Waals surface area contributed by atoms with E-state index in [1.54, 1.807) is 4.90 Å². The second-order valence-corrected chi connectivity index (χ2v) is 15.8. The van der Waals surface area contributed by atoms with Crippen molar-refractivity contribution in [3.05, 3.63) is 24.3 Å². The lowest BCUT2D eigenvalue weighted by molar-refractivity contribution is 0.153. The zero-order valence-electron chi connectivity index (χ0n) is 20.6. The molecule has 0 radical (unpaired) electrons. The topological polar surface area (TPSA) is 98.3 Å². The normalized spacial score (nSPS) is 29.7. The minimum atomic E-state index is -3.04. The van der Waals surface area contributed by atoms with Crippen LogP contribution in [0.25, 0.3) is 0 Å². The first-order valence-electron chi connectivity index (χ1n) is 12.5. The van der Waals surface area contributed by atoms with E-state index in [0.717, 1.165) is 24.3 Å². The summed E-state index contributed by atoms with van der Waals surface area (Å²) in [5.41, 5.74) is 2.16. The number of hydrogen-bond donors (Lipinski definition) is 0. The second-order valence-electron chi connectivity index (χ2n) is 11.2. The molecule has 6 rings (SSSR count). The van der Waals surface area contributed by atoms with Crippen LogP contribution in [0, 0.1) is 11.3 Å². The smallest absolute Gasteiger partial charge is 0.320 e. The van der Waals surface area contributed by atoms with Gasteiger partial charge in [-0.3, -0.25) is 0 Å². The van der Waals surface area contributed by atoms with Crippen LogP contribution in [0.15, 0.2) is 24.3 Å². The molecule has 1 aromatic rings. The van der Waals surface area contributed by atoms with Crippen LogP contribution < -0.4 is 9.80 Å². The summed E-state index contributed by atoms with van der Waals surface area (Å²) >= 11 is 0. The first-order chi connectivity index (χ1) is 16.4. The van der Waals surface area contributed by atoms with E-state index in [1.165, 1.54) is 0 Å². The van der Waals surface area contributed by atoms with Gasteiger partial charge >= 0.3 is 6.03 Å². The van der Waals surface area contributed by atoms with E-state index in [0.29, 0.717) is 32.1 Å². The number of rotatable bonds is 2. The predicted octanol–water partition coefficient (Wildman–Crippen LogP) is 1.31. The van der Waals surface area contributed by atoms with Gasteiger partial charge in [-0.15, -0.1) is 0 Å². The second kappa shape index (κ2) is 8.83. The summed E-state index contributed by atoms with van der Waals surface area (Å²) in [7, 11) is -5.98. The Balaban J connectivity index is 1.36. The molecule has 0 unspecified atom stereocenters. The lowest BCUT2D eigenvalue weighted by Crippen LogP contribution is -2.55. The van der Waals surface area contributed by atoms with E-state index < -0.39 is 19.7 Å². The molecule has 5 saturated heterocycles. The van der Waals surface area contributed by atoms with Gasteiger partial charge in [0.1, 0.15) is 0 Å². The molecule has 11 heteroatoms. The Morgan fingerprint density at radius 2 is 1.43 bits per heavy atom. The highest BCUT2D eigenvalue weighted by molar-refractivity contribution is 7.91. The van der Waals surface area contributed by atoms with Crippen molar-refractivity contribution >= 4 is 37.1 Å². The summed E-state index contributed by atoms with van der Waals surface area (Å²) in [6.45, 7) is 8.27. The zero-order valence-corrected chi connectivity index (χ0v) is 22.2. The Morgan fingerprint density at radius 1 is 0.829 bits per heavy atom. The Kier molecular flexibility index (Phi) is 6.22. The standard InChI is InChI=1S/C24H36N4O5S2/c1-24(2)15-19-16-27(23(29)26-8-12-35(32,33)13-9-26)18-22(24)28(17-19)21-5-3-4-20(14-21)25-6-10-34(30,31)11-7-25/h3-5,14,19,22H,6-13,15-18H2,1-2H3/t19-,22-/m1/s1. The van der Waals surface area contributed by atoms with Gasteiger partial charge < -0.3 is 19.6 Å². The fourth-order valence-corrected chi connectivity index (χ4v) is 8.62. The first-order valence-corrected chi connectivity index (χ1v) is 16.1. The molecule has 0 aliphatic carbocycles. The summed E-state index contributed by atoms with van der Waals surface area (Å²) in [6, 6.07) is 8.45. The van der Waals surface area contributed by atoms with E-state index in [2.05, 4.69) is 35.8 Å². The highest BCUT2D eigenvalue weighted by Gasteiger charge is 2.47. The minimum absolute atomic E-state index is 0.0123. The zero-order chi connectivity index (χ0) is 25.0. The van der Waals surface area contributed by atoms with Gasteiger partial charge in [0.05, 0.1) is 29.1 Å². The SMILES string of the molecule is CC1(C)C[C@@H]2CN(C(=O)N3CCS(=O)(=O)CC3)C[C@H]1N(c1cccc(N3CCS(=O)(=O)CC3)c1)C2. The number of fused-ring (bicyclic) bond motifs is 4. The predicted molar refractivity (Wildman–Crippen MR) is 138 cm³/mol. The number of sulfone groups is 2. The molecule has 1 aromatic carbocycles. The number of urea groups is 1. The quantitative estimate of drug-likeness (QED) is 0.575. The molecule has 194 valence electrons. The lowest BCUT2D eigenvalue weighted by atomic mass is 9.73. The van der Waals surface area contributed by atoms with Gasteiger partial charge in [-0.05, 0) is 36.0 Å². The third-order valence-corrected chi connectivity index (χ3v) is 11.4.